The Balaban J connectivity index is 1.34. The number of rotatable bonds is 7. The highest BCUT2D eigenvalue weighted by Gasteiger charge is 2.17. The van der Waals surface area contributed by atoms with Gasteiger partial charge in [-0.1, -0.05) is 64.9 Å². The Hall–Kier alpha value is -4.32. The zero-order valence-electron chi connectivity index (χ0n) is 19.5. The van der Waals surface area contributed by atoms with E-state index >= 15 is 0 Å². The normalized spacial score (nSPS) is 10.7. The zero-order chi connectivity index (χ0) is 27.1. The molecule has 4 rings (SSSR count). The number of anilines is 1. The van der Waals surface area contributed by atoms with Crippen molar-refractivity contribution in [2.75, 3.05) is 12.4 Å². The first-order valence-electron chi connectivity index (χ1n) is 10.7. The highest BCUT2D eigenvalue weighted by atomic mass is 35.5. The number of hydrogen-bond donors (Lipinski definition) is 2. The minimum absolute atomic E-state index is 0.134. The molecule has 0 aliphatic heterocycles. The Morgan fingerprint density at radius 2 is 1.74 bits per heavy atom. The third-order valence-corrected chi connectivity index (χ3v) is 6.23. The first-order chi connectivity index (χ1) is 18.3. The highest BCUT2D eigenvalue weighted by Crippen LogP contribution is 2.30. The fourth-order valence-electron chi connectivity index (χ4n) is 3.00. The summed E-state index contributed by atoms with van der Waals surface area (Å²) >= 11 is 13.1. The Morgan fingerprint density at radius 1 is 0.947 bits per heavy atom. The number of benzene rings is 3. The van der Waals surface area contributed by atoms with E-state index in [2.05, 4.69) is 26.0 Å². The number of nitrogens with one attached hydrogen (secondary N) is 2. The van der Waals surface area contributed by atoms with Crippen LogP contribution in [0.2, 0.25) is 10.0 Å². The second-order valence-corrected chi connectivity index (χ2v) is 9.18. The molecule has 0 fully saturated rings. The van der Waals surface area contributed by atoms with Crippen LogP contribution >= 0.6 is 34.5 Å². The molecule has 0 aliphatic rings. The predicted octanol–water partition coefficient (Wildman–Crippen LogP) is 4.83. The van der Waals surface area contributed by atoms with Crippen molar-refractivity contribution >= 4 is 63.7 Å². The number of carbonyl (C=O) groups excluding carboxylic acids is 3. The molecule has 3 aromatic carbocycles. The van der Waals surface area contributed by atoms with Crippen molar-refractivity contribution < 1.29 is 23.9 Å². The molecule has 1 aromatic heterocycles. The van der Waals surface area contributed by atoms with Crippen LogP contribution in [-0.4, -0.2) is 41.3 Å². The molecule has 1 heterocycles. The molecule has 0 saturated heterocycles. The van der Waals surface area contributed by atoms with Gasteiger partial charge >= 0.3 is 17.8 Å². The maximum absolute atomic E-state index is 12.5. The van der Waals surface area contributed by atoms with Gasteiger partial charge in [-0.2, -0.15) is 5.10 Å². The van der Waals surface area contributed by atoms with Gasteiger partial charge < -0.3 is 9.47 Å². The number of methoxy groups -OCH3 is 1. The summed E-state index contributed by atoms with van der Waals surface area (Å²) in [6.07, 6.45) is 1.29. The largest absolute Gasteiger partial charge is 0.493 e. The first-order valence-corrected chi connectivity index (χ1v) is 12.3. The molecule has 0 radical (unpaired) electrons. The van der Waals surface area contributed by atoms with E-state index in [1.165, 1.54) is 43.7 Å². The van der Waals surface area contributed by atoms with E-state index in [9.17, 15) is 14.4 Å². The molecule has 38 heavy (non-hydrogen) atoms. The molecule has 4 aromatic rings. The molecule has 0 atom stereocenters. The topological polar surface area (TPSA) is 132 Å². The van der Waals surface area contributed by atoms with E-state index in [1.807, 2.05) is 30.3 Å². The number of ether oxygens (including phenoxy) is 2. The minimum Gasteiger partial charge on any atom is -0.493 e. The van der Waals surface area contributed by atoms with Crippen LogP contribution < -0.4 is 20.2 Å². The van der Waals surface area contributed by atoms with Gasteiger partial charge in [-0.05, 0) is 42.0 Å². The lowest BCUT2D eigenvalue weighted by atomic mass is 10.2. The number of hydrazone groups is 1. The van der Waals surface area contributed by atoms with E-state index < -0.39 is 17.8 Å². The summed E-state index contributed by atoms with van der Waals surface area (Å²) in [6, 6.07) is 18.3. The third-order valence-electron chi connectivity index (χ3n) is 4.79. The van der Waals surface area contributed by atoms with Crippen LogP contribution in [-0.2, 0) is 9.59 Å². The summed E-state index contributed by atoms with van der Waals surface area (Å²) in [4.78, 5) is 36.8. The van der Waals surface area contributed by atoms with E-state index in [-0.39, 0.29) is 27.2 Å². The van der Waals surface area contributed by atoms with Gasteiger partial charge in [0.2, 0.25) is 5.13 Å². The van der Waals surface area contributed by atoms with Crippen molar-refractivity contribution in [2.45, 2.75) is 0 Å². The van der Waals surface area contributed by atoms with E-state index in [0.29, 0.717) is 15.6 Å². The maximum atomic E-state index is 12.5. The lowest BCUT2D eigenvalue weighted by Crippen LogP contribution is -2.32. The van der Waals surface area contributed by atoms with Crippen molar-refractivity contribution in [2.24, 2.45) is 5.10 Å². The van der Waals surface area contributed by atoms with Gasteiger partial charge in [-0.3, -0.25) is 14.9 Å². The second-order valence-electron chi connectivity index (χ2n) is 7.36. The smallest absolute Gasteiger partial charge is 0.345 e. The van der Waals surface area contributed by atoms with E-state index in [0.717, 1.165) is 16.9 Å². The van der Waals surface area contributed by atoms with Gasteiger partial charge in [-0.15, -0.1) is 10.2 Å². The maximum Gasteiger partial charge on any atom is 0.345 e. The van der Waals surface area contributed by atoms with Crippen LogP contribution in [0.5, 0.6) is 11.5 Å². The number of halogens is 2. The standard InChI is InChI=1S/C25H17Cl2N5O5S/c1-36-20-11-14(7-10-19(20)37-24(35)17-9-8-16(26)12-18(17)27)13-28-30-22(34)21(33)29-25-32-31-23(38-25)15-5-3-2-4-6-15/h2-13H,1H3,(H,30,34)(H,29,32,33). The number of amides is 2. The predicted molar refractivity (Wildman–Crippen MR) is 144 cm³/mol. The van der Waals surface area contributed by atoms with E-state index in [1.54, 1.807) is 6.07 Å². The zero-order valence-corrected chi connectivity index (χ0v) is 21.8. The number of hydrogen-bond acceptors (Lipinski definition) is 9. The van der Waals surface area contributed by atoms with Crippen molar-refractivity contribution in [3.05, 3.63) is 87.9 Å². The molecule has 0 unspecified atom stereocenters. The van der Waals surface area contributed by atoms with Crippen LogP contribution in [0, 0.1) is 0 Å². The first kappa shape index (κ1) is 26.7. The summed E-state index contributed by atoms with van der Waals surface area (Å²) in [5, 5.41) is 15.3. The Labute approximate surface area is 230 Å². The summed E-state index contributed by atoms with van der Waals surface area (Å²) in [5.74, 6) is -2.30. The molecule has 192 valence electrons. The average Bonchev–Trinajstić information content (AvgIpc) is 3.38. The van der Waals surface area contributed by atoms with Crippen molar-refractivity contribution in [1.82, 2.24) is 15.6 Å². The van der Waals surface area contributed by atoms with Gasteiger partial charge in [0, 0.05) is 10.6 Å². The van der Waals surface area contributed by atoms with Crippen LogP contribution in [0.3, 0.4) is 0 Å². The number of esters is 1. The van der Waals surface area contributed by atoms with Crippen LogP contribution in [0.25, 0.3) is 10.6 Å². The van der Waals surface area contributed by atoms with Gasteiger partial charge in [0.25, 0.3) is 0 Å². The minimum atomic E-state index is -1.00. The molecule has 0 spiro atoms. The summed E-state index contributed by atoms with van der Waals surface area (Å²) < 4.78 is 10.7. The van der Waals surface area contributed by atoms with E-state index in [4.69, 9.17) is 32.7 Å². The molecule has 2 N–H and O–H groups in total. The molecule has 13 heteroatoms. The Kier molecular flexibility index (Phi) is 8.64. The fourth-order valence-corrected chi connectivity index (χ4v) is 4.23. The van der Waals surface area contributed by atoms with Crippen molar-refractivity contribution in [3.8, 4) is 22.1 Å². The summed E-state index contributed by atoms with van der Waals surface area (Å²) in [7, 11) is 1.39. The molecule has 0 aliphatic carbocycles. The molecule has 0 saturated carbocycles. The summed E-state index contributed by atoms with van der Waals surface area (Å²) in [6.45, 7) is 0. The molecular formula is C25H17Cl2N5O5S. The van der Waals surface area contributed by atoms with Gasteiger partial charge in [-0.25, -0.2) is 10.2 Å². The lowest BCUT2D eigenvalue weighted by Gasteiger charge is -2.10. The second kappa shape index (κ2) is 12.3. The molecular weight excluding hydrogens is 553 g/mol. The van der Waals surface area contributed by atoms with Crippen LogP contribution in [0.1, 0.15) is 15.9 Å². The van der Waals surface area contributed by atoms with Crippen molar-refractivity contribution in [1.29, 1.82) is 0 Å². The monoisotopic (exact) mass is 569 g/mol. The lowest BCUT2D eigenvalue weighted by molar-refractivity contribution is -0.136. The molecule has 2 amide bonds. The summed E-state index contributed by atoms with van der Waals surface area (Å²) in [5.41, 5.74) is 3.59. The quantitative estimate of drug-likeness (QED) is 0.107. The highest BCUT2D eigenvalue weighted by molar-refractivity contribution is 7.18. The Morgan fingerprint density at radius 3 is 2.47 bits per heavy atom. The number of carbonyl (C=O) groups is 3. The number of nitrogens with zero attached hydrogens (tertiary/aromatic N) is 3. The van der Waals surface area contributed by atoms with Gasteiger partial charge in [0.05, 0.1) is 23.9 Å². The Bertz CT molecular complexity index is 1530. The average molecular weight is 570 g/mol. The molecule has 0 bridgehead atoms. The SMILES string of the molecule is COc1cc(C=NNC(=O)C(=O)Nc2nnc(-c3ccccc3)s2)ccc1OC(=O)c1ccc(Cl)cc1Cl. The van der Waals surface area contributed by atoms with Crippen molar-refractivity contribution in [3.63, 3.8) is 0 Å². The van der Waals surface area contributed by atoms with Gasteiger partial charge in [0.1, 0.15) is 5.01 Å². The van der Waals surface area contributed by atoms with Crippen LogP contribution in [0.4, 0.5) is 5.13 Å². The van der Waals surface area contributed by atoms with Crippen LogP contribution in [0.15, 0.2) is 71.8 Å². The van der Waals surface area contributed by atoms with Gasteiger partial charge in [0.15, 0.2) is 11.5 Å². The molecule has 10 nitrogen and oxygen atoms in total. The third kappa shape index (κ3) is 6.71. The fraction of sp³-hybridized carbons (Fsp3) is 0.0400. The number of aromatic nitrogens is 2.